The van der Waals surface area contributed by atoms with Crippen LogP contribution in [0.25, 0.3) is 0 Å². The number of aromatic nitrogens is 2. The highest BCUT2D eigenvalue weighted by Gasteiger charge is 2.31. The summed E-state index contributed by atoms with van der Waals surface area (Å²) in [5.41, 5.74) is 1.21. The van der Waals surface area contributed by atoms with Crippen LogP contribution in [0.4, 0.5) is 0 Å². The van der Waals surface area contributed by atoms with E-state index in [0.717, 1.165) is 30.6 Å². The number of likely N-dealkylation sites (tertiary alicyclic amines) is 1. The van der Waals surface area contributed by atoms with Gasteiger partial charge in [0, 0.05) is 19.2 Å². The molecule has 132 valence electrons. The van der Waals surface area contributed by atoms with Gasteiger partial charge in [0.25, 0.3) is 11.5 Å². The van der Waals surface area contributed by atoms with Gasteiger partial charge >= 0.3 is 0 Å². The molecule has 25 heavy (non-hydrogen) atoms. The largest absolute Gasteiger partial charge is 0.497 e. The molecule has 2 aromatic rings. The van der Waals surface area contributed by atoms with Crippen LogP contribution in [0.2, 0.25) is 0 Å². The van der Waals surface area contributed by atoms with Crippen LogP contribution in [0.5, 0.6) is 5.75 Å². The van der Waals surface area contributed by atoms with E-state index in [9.17, 15) is 9.59 Å². The summed E-state index contributed by atoms with van der Waals surface area (Å²) in [6.45, 7) is 3.18. The van der Waals surface area contributed by atoms with Crippen molar-refractivity contribution in [1.82, 2.24) is 14.7 Å². The van der Waals surface area contributed by atoms with E-state index in [1.165, 1.54) is 16.8 Å². The molecule has 2 heterocycles. The fraction of sp³-hybridized carbons (Fsp3) is 0.421. The Bertz CT molecular complexity index is 816. The zero-order chi connectivity index (χ0) is 17.8. The van der Waals surface area contributed by atoms with Gasteiger partial charge in [0.05, 0.1) is 13.2 Å². The number of rotatable bonds is 5. The molecular weight excluding hydrogens is 318 g/mol. The van der Waals surface area contributed by atoms with Crippen molar-refractivity contribution >= 4 is 5.91 Å². The number of methoxy groups -OCH3 is 1. The Morgan fingerprint density at radius 2 is 2.16 bits per heavy atom. The molecule has 0 aliphatic carbocycles. The van der Waals surface area contributed by atoms with Crippen LogP contribution < -0.4 is 10.3 Å². The lowest BCUT2D eigenvalue weighted by molar-refractivity contribution is 0.0726. The summed E-state index contributed by atoms with van der Waals surface area (Å²) in [5.74, 6) is 0.654. The molecule has 1 amide bonds. The quantitative estimate of drug-likeness (QED) is 0.839. The lowest BCUT2D eigenvalue weighted by Crippen LogP contribution is -2.33. The Morgan fingerprint density at radius 3 is 2.92 bits per heavy atom. The lowest BCUT2D eigenvalue weighted by Gasteiger charge is -2.25. The Morgan fingerprint density at radius 1 is 1.32 bits per heavy atom. The molecule has 1 aromatic heterocycles. The molecule has 1 saturated heterocycles. The van der Waals surface area contributed by atoms with Crippen LogP contribution in [-0.2, 0) is 6.54 Å². The van der Waals surface area contributed by atoms with E-state index >= 15 is 0 Å². The predicted molar refractivity (Wildman–Crippen MR) is 94.8 cm³/mol. The smallest absolute Gasteiger partial charge is 0.274 e. The minimum Gasteiger partial charge on any atom is -0.497 e. The van der Waals surface area contributed by atoms with Crippen molar-refractivity contribution in [3.8, 4) is 5.75 Å². The SMILES string of the molecule is CCCn1nc(C(=O)N2CCC[C@H]2c2cccc(OC)c2)ccc1=O. The average Bonchev–Trinajstić information content (AvgIpc) is 3.13. The van der Waals surface area contributed by atoms with Crippen LogP contribution in [0.1, 0.15) is 48.3 Å². The van der Waals surface area contributed by atoms with Gasteiger partial charge in [-0.05, 0) is 43.0 Å². The molecule has 0 bridgehead atoms. The number of amides is 1. The van der Waals surface area contributed by atoms with Gasteiger partial charge < -0.3 is 9.64 Å². The maximum atomic E-state index is 13.0. The lowest BCUT2D eigenvalue weighted by atomic mass is 10.0. The molecule has 6 nitrogen and oxygen atoms in total. The van der Waals surface area contributed by atoms with Gasteiger partial charge in [-0.15, -0.1) is 0 Å². The van der Waals surface area contributed by atoms with E-state index in [1.807, 2.05) is 36.1 Å². The summed E-state index contributed by atoms with van der Waals surface area (Å²) in [6.07, 6.45) is 2.65. The summed E-state index contributed by atoms with van der Waals surface area (Å²) >= 11 is 0. The summed E-state index contributed by atoms with van der Waals surface area (Å²) in [5, 5.41) is 4.26. The molecule has 0 saturated carbocycles. The standard InChI is InChI=1S/C19H23N3O3/c1-3-11-22-18(23)10-9-16(20-22)19(24)21-12-5-8-17(21)14-6-4-7-15(13-14)25-2/h4,6-7,9-10,13,17H,3,5,8,11-12H2,1-2H3/t17-/m0/s1. The van der Waals surface area contributed by atoms with Crippen LogP contribution in [0, 0.1) is 0 Å². The first kappa shape index (κ1) is 17.2. The third-order valence-electron chi connectivity index (χ3n) is 4.51. The number of carbonyl (C=O) groups excluding carboxylic acids is 1. The van der Waals surface area contributed by atoms with E-state index in [0.29, 0.717) is 18.8 Å². The molecule has 0 spiro atoms. The molecule has 6 heteroatoms. The zero-order valence-corrected chi connectivity index (χ0v) is 14.6. The maximum Gasteiger partial charge on any atom is 0.274 e. The number of hydrogen-bond acceptors (Lipinski definition) is 4. The molecule has 1 atom stereocenters. The second-order valence-electron chi connectivity index (χ2n) is 6.21. The zero-order valence-electron chi connectivity index (χ0n) is 14.6. The number of carbonyl (C=O) groups is 1. The fourth-order valence-corrected chi connectivity index (χ4v) is 3.29. The van der Waals surface area contributed by atoms with Crippen LogP contribution in [0.15, 0.2) is 41.2 Å². The third-order valence-corrected chi connectivity index (χ3v) is 4.51. The van der Waals surface area contributed by atoms with Crippen LogP contribution in [0.3, 0.4) is 0 Å². The van der Waals surface area contributed by atoms with Gasteiger partial charge in [-0.2, -0.15) is 5.10 Å². The van der Waals surface area contributed by atoms with Gasteiger partial charge in [-0.3, -0.25) is 9.59 Å². The first-order valence-electron chi connectivity index (χ1n) is 8.67. The van der Waals surface area contributed by atoms with Crippen molar-refractivity contribution in [3.63, 3.8) is 0 Å². The summed E-state index contributed by atoms with van der Waals surface area (Å²) in [6, 6.07) is 10.8. The molecule has 0 radical (unpaired) electrons. The highest BCUT2D eigenvalue weighted by Crippen LogP contribution is 2.34. The number of benzene rings is 1. The first-order chi connectivity index (χ1) is 12.1. The summed E-state index contributed by atoms with van der Waals surface area (Å²) < 4.78 is 6.66. The Balaban J connectivity index is 1.88. The minimum absolute atomic E-state index is 0.0101. The molecule has 1 aliphatic heterocycles. The number of ether oxygens (including phenoxy) is 1. The van der Waals surface area contributed by atoms with Crippen LogP contribution >= 0.6 is 0 Å². The van der Waals surface area contributed by atoms with Gasteiger partial charge in [0.1, 0.15) is 11.4 Å². The highest BCUT2D eigenvalue weighted by molar-refractivity contribution is 5.92. The second kappa shape index (κ2) is 7.51. The van der Waals surface area contributed by atoms with Crippen molar-refractivity contribution in [3.05, 3.63) is 58.0 Å². The average molecular weight is 341 g/mol. The van der Waals surface area contributed by atoms with Crippen molar-refractivity contribution in [2.75, 3.05) is 13.7 Å². The van der Waals surface area contributed by atoms with Crippen molar-refractivity contribution in [2.45, 2.75) is 38.8 Å². The molecule has 1 fully saturated rings. The molecular formula is C19H23N3O3. The monoisotopic (exact) mass is 341 g/mol. The van der Waals surface area contributed by atoms with Crippen molar-refractivity contribution < 1.29 is 9.53 Å². The van der Waals surface area contributed by atoms with E-state index in [4.69, 9.17) is 4.74 Å². The van der Waals surface area contributed by atoms with E-state index < -0.39 is 0 Å². The molecule has 1 aliphatic rings. The Hall–Kier alpha value is -2.63. The molecule has 0 unspecified atom stereocenters. The Labute approximate surface area is 147 Å². The van der Waals surface area contributed by atoms with Crippen molar-refractivity contribution in [2.24, 2.45) is 0 Å². The second-order valence-corrected chi connectivity index (χ2v) is 6.21. The predicted octanol–water partition coefficient (Wildman–Crippen LogP) is 2.64. The molecule has 0 N–H and O–H groups in total. The third kappa shape index (κ3) is 3.57. The number of nitrogens with zero attached hydrogens (tertiary/aromatic N) is 3. The maximum absolute atomic E-state index is 13.0. The van der Waals surface area contributed by atoms with Gasteiger partial charge in [0.15, 0.2) is 0 Å². The summed E-state index contributed by atoms with van der Waals surface area (Å²) in [4.78, 5) is 26.6. The minimum atomic E-state index is -0.177. The normalized spacial score (nSPS) is 16.9. The van der Waals surface area contributed by atoms with Crippen molar-refractivity contribution in [1.29, 1.82) is 0 Å². The van der Waals surface area contributed by atoms with Gasteiger partial charge in [0.2, 0.25) is 0 Å². The molecule has 1 aromatic carbocycles. The topological polar surface area (TPSA) is 64.4 Å². The van der Waals surface area contributed by atoms with Gasteiger partial charge in [-0.1, -0.05) is 19.1 Å². The number of aryl methyl sites for hydroxylation is 1. The summed E-state index contributed by atoms with van der Waals surface area (Å²) in [7, 11) is 1.64. The fourth-order valence-electron chi connectivity index (χ4n) is 3.29. The Kier molecular flexibility index (Phi) is 5.16. The number of hydrogen-bond donors (Lipinski definition) is 0. The van der Waals surface area contributed by atoms with Crippen LogP contribution in [-0.4, -0.2) is 34.2 Å². The molecule has 3 rings (SSSR count). The van der Waals surface area contributed by atoms with E-state index in [2.05, 4.69) is 5.10 Å². The van der Waals surface area contributed by atoms with E-state index in [-0.39, 0.29) is 17.5 Å². The first-order valence-corrected chi connectivity index (χ1v) is 8.67. The van der Waals surface area contributed by atoms with Gasteiger partial charge in [-0.25, -0.2) is 4.68 Å². The highest BCUT2D eigenvalue weighted by atomic mass is 16.5. The van der Waals surface area contributed by atoms with E-state index in [1.54, 1.807) is 7.11 Å².